The summed E-state index contributed by atoms with van der Waals surface area (Å²) in [6, 6.07) is 56.3. The van der Waals surface area contributed by atoms with Gasteiger partial charge in [-0.3, -0.25) is 4.68 Å². The molecule has 9 aromatic rings. The fraction of sp³-hybridized carbons (Fsp3) is 0.192. The van der Waals surface area contributed by atoms with Gasteiger partial charge in [-0.15, -0.1) is 41.3 Å². The molecular formula is C52H46N4OPt. The Labute approximate surface area is 355 Å². The summed E-state index contributed by atoms with van der Waals surface area (Å²) in [5, 5.41) is 8.20. The van der Waals surface area contributed by atoms with Crippen LogP contribution in [0.25, 0.3) is 44.2 Å². The van der Waals surface area contributed by atoms with Gasteiger partial charge < -0.3 is 9.30 Å². The van der Waals surface area contributed by atoms with Crippen LogP contribution >= 0.6 is 0 Å². The Kier molecular flexibility index (Phi) is 10.0. The molecule has 9 rings (SSSR count). The minimum Gasteiger partial charge on any atom is -0.509 e. The maximum absolute atomic E-state index is 6.81. The molecule has 3 aromatic heterocycles. The Hall–Kier alpha value is -5.77. The maximum atomic E-state index is 6.81. The number of nitrogens with zero attached hydrogens (tertiary/aromatic N) is 4. The first-order chi connectivity index (χ1) is 27.4. The van der Waals surface area contributed by atoms with Crippen molar-refractivity contribution in [3.63, 3.8) is 0 Å². The van der Waals surface area contributed by atoms with Gasteiger partial charge in [0.2, 0.25) is 0 Å². The van der Waals surface area contributed by atoms with Crippen LogP contribution in [0, 0.1) is 12.1 Å². The van der Waals surface area contributed by atoms with Gasteiger partial charge in [-0.1, -0.05) is 145 Å². The van der Waals surface area contributed by atoms with Crippen molar-refractivity contribution in [2.24, 2.45) is 0 Å². The molecule has 3 heterocycles. The average Bonchev–Trinajstić information content (AvgIpc) is 3.80. The summed E-state index contributed by atoms with van der Waals surface area (Å²) in [4.78, 5) is 4.94. The minimum absolute atomic E-state index is 0. The van der Waals surface area contributed by atoms with Gasteiger partial charge in [0.15, 0.2) is 0 Å². The van der Waals surface area contributed by atoms with E-state index in [9.17, 15) is 0 Å². The molecule has 0 amide bonds. The Morgan fingerprint density at radius 2 is 1.22 bits per heavy atom. The fourth-order valence-electron chi connectivity index (χ4n) is 7.94. The van der Waals surface area contributed by atoms with Crippen LogP contribution in [0.5, 0.6) is 11.5 Å². The SMILES string of the molecule is CC(C)(C)c1ccnc(-n2c3[c-]c(Oc4[c-]c(-n5cc6ccccc6n5)cc(C(C)(C)c5ccccc5)c4)ccc3c3cc(C(C)(C)c4ccccc4)ccc32)c1.[Pt+2]. The van der Waals surface area contributed by atoms with Crippen molar-refractivity contribution < 1.29 is 25.8 Å². The van der Waals surface area contributed by atoms with E-state index in [4.69, 9.17) is 14.8 Å². The third-order valence-corrected chi connectivity index (χ3v) is 11.6. The van der Waals surface area contributed by atoms with E-state index >= 15 is 0 Å². The standard InChI is InChI=1S/C52H46N4O.Pt/c1-50(2,3)38-26-27-53-49(31-38)56-47-25-22-39(51(4,5)36-17-10-8-11-18-36)30-45(47)44-24-23-42(33-48(44)56)57-43-29-40(52(6,7)37-19-12-9-13-20-37)28-41(32-43)55-34-35-16-14-15-21-46(35)54-55;/h8-31,34H,1-7H3;/q-2;+2. The molecule has 0 fully saturated rings. The van der Waals surface area contributed by atoms with Crippen LogP contribution < -0.4 is 4.74 Å². The second kappa shape index (κ2) is 14.9. The van der Waals surface area contributed by atoms with Crippen LogP contribution in [0.15, 0.2) is 152 Å². The maximum Gasteiger partial charge on any atom is 2.00 e. The Morgan fingerprint density at radius 1 is 0.552 bits per heavy atom. The summed E-state index contributed by atoms with van der Waals surface area (Å²) < 4.78 is 10.9. The quantitative estimate of drug-likeness (QED) is 0.143. The number of ether oxygens (including phenoxy) is 1. The van der Waals surface area contributed by atoms with Gasteiger partial charge in [0.25, 0.3) is 0 Å². The average molecular weight is 938 g/mol. The van der Waals surface area contributed by atoms with E-state index in [1.807, 2.05) is 41.3 Å². The van der Waals surface area contributed by atoms with Crippen molar-refractivity contribution in [3.05, 3.63) is 192 Å². The number of benzene rings is 6. The molecule has 5 nitrogen and oxygen atoms in total. The minimum atomic E-state index is -0.329. The zero-order valence-electron chi connectivity index (χ0n) is 33.9. The molecule has 0 saturated heterocycles. The number of hydrogen-bond donors (Lipinski definition) is 0. The predicted molar refractivity (Wildman–Crippen MR) is 233 cm³/mol. The van der Waals surface area contributed by atoms with Crippen LogP contribution in [0.1, 0.15) is 76.3 Å². The molecule has 0 aliphatic carbocycles. The summed E-state index contributed by atoms with van der Waals surface area (Å²) in [7, 11) is 0. The third-order valence-electron chi connectivity index (χ3n) is 11.6. The Bertz CT molecular complexity index is 2880. The van der Waals surface area contributed by atoms with Gasteiger partial charge >= 0.3 is 21.1 Å². The van der Waals surface area contributed by atoms with Crippen molar-refractivity contribution >= 4 is 32.7 Å². The molecule has 6 aromatic carbocycles. The summed E-state index contributed by atoms with van der Waals surface area (Å²) in [5.41, 5.74) is 9.12. The second-order valence-corrected chi connectivity index (χ2v) is 17.1. The van der Waals surface area contributed by atoms with Gasteiger partial charge in [0.1, 0.15) is 5.82 Å². The van der Waals surface area contributed by atoms with Crippen molar-refractivity contribution in [2.45, 2.75) is 64.7 Å². The largest absolute Gasteiger partial charge is 2.00 e. The van der Waals surface area contributed by atoms with Crippen molar-refractivity contribution in [1.29, 1.82) is 0 Å². The van der Waals surface area contributed by atoms with Gasteiger partial charge in [0.05, 0.1) is 5.52 Å². The molecule has 0 aliphatic rings. The van der Waals surface area contributed by atoms with Crippen LogP contribution in [0.3, 0.4) is 0 Å². The van der Waals surface area contributed by atoms with Gasteiger partial charge in [-0.25, -0.2) is 4.98 Å². The molecule has 6 heteroatoms. The third kappa shape index (κ3) is 7.07. The smallest absolute Gasteiger partial charge is 0.509 e. The summed E-state index contributed by atoms with van der Waals surface area (Å²) in [6.45, 7) is 15.8. The first-order valence-electron chi connectivity index (χ1n) is 19.7. The number of aromatic nitrogens is 4. The molecule has 0 aliphatic heterocycles. The molecule has 58 heavy (non-hydrogen) atoms. The van der Waals surface area contributed by atoms with E-state index in [-0.39, 0.29) is 37.3 Å². The van der Waals surface area contributed by atoms with E-state index in [1.54, 1.807) is 0 Å². The van der Waals surface area contributed by atoms with E-state index in [1.165, 1.54) is 22.3 Å². The molecular weight excluding hydrogens is 892 g/mol. The first-order valence-corrected chi connectivity index (χ1v) is 19.7. The molecule has 0 saturated carbocycles. The Balaban J connectivity index is 0.00000469. The van der Waals surface area contributed by atoms with Crippen LogP contribution in [-0.4, -0.2) is 19.3 Å². The topological polar surface area (TPSA) is 44.9 Å². The first kappa shape index (κ1) is 39.1. The molecule has 0 atom stereocenters. The summed E-state index contributed by atoms with van der Waals surface area (Å²) in [5.74, 6) is 2.02. The van der Waals surface area contributed by atoms with E-state index in [0.29, 0.717) is 11.5 Å². The molecule has 0 unspecified atom stereocenters. The number of pyridine rings is 1. The monoisotopic (exact) mass is 937 g/mol. The molecule has 0 radical (unpaired) electrons. The number of hydrogen-bond acceptors (Lipinski definition) is 3. The summed E-state index contributed by atoms with van der Waals surface area (Å²) in [6.07, 6.45) is 3.96. The Morgan fingerprint density at radius 3 is 1.91 bits per heavy atom. The van der Waals surface area contributed by atoms with Crippen LogP contribution in [-0.2, 0) is 37.3 Å². The normalized spacial score (nSPS) is 12.3. The van der Waals surface area contributed by atoms with Crippen molar-refractivity contribution in [2.75, 3.05) is 0 Å². The molecule has 0 N–H and O–H groups in total. The predicted octanol–water partition coefficient (Wildman–Crippen LogP) is 12.9. The van der Waals surface area contributed by atoms with Crippen molar-refractivity contribution in [3.8, 4) is 23.0 Å². The van der Waals surface area contributed by atoms with E-state index < -0.39 is 0 Å². The van der Waals surface area contributed by atoms with Gasteiger partial charge in [-0.05, 0) is 68.4 Å². The summed E-state index contributed by atoms with van der Waals surface area (Å²) >= 11 is 0. The number of fused-ring (bicyclic) bond motifs is 4. The molecule has 0 bridgehead atoms. The zero-order chi connectivity index (χ0) is 39.5. The fourth-order valence-corrected chi connectivity index (χ4v) is 7.94. The van der Waals surface area contributed by atoms with Crippen LogP contribution in [0.2, 0.25) is 0 Å². The molecule has 290 valence electrons. The van der Waals surface area contributed by atoms with Crippen molar-refractivity contribution in [1.82, 2.24) is 19.3 Å². The zero-order valence-corrected chi connectivity index (χ0v) is 36.2. The number of rotatable bonds is 8. The van der Waals surface area contributed by atoms with Gasteiger partial charge in [0, 0.05) is 40.2 Å². The van der Waals surface area contributed by atoms with Gasteiger partial charge in [-0.2, -0.15) is 11.2 Å². The second-order valence-electron chi connectivity index (χ2n) is 17.1. The van der Waals surface area contributed by atoms with Crippen LogP contribution in [0.4, 0.5) is 0 Å². The van der Waals surface area contributed by atoms with E-state index in [0.717, 1.165) is 49.8 Å². The molecule has 0 spiro atoms. The van der Waals surface area contributed by atoms with E-state index in [2.05, 4.69) is 180 Å².